The number of nitrogens with two attached hydrogens (primary N) is 1. The van der Waals surface area contributed by atoms with Crippen molar-refractivity contribution < 1.29 is 9.90 Å². The van der Waals surface area contributed by atoms with Crippen LogP contribution in [0.25, 0.3) is 0 Å². The van der Waals surface area contributed by atoms with Crippen LogP contribution in [0.1, 0.15) is 51.4 Å². The average Bonchev–Trinajstić information content (AvgIpc) is 2.37. The summed E-state index contributed by atoms with van der Waals surface area (Å²) in [7, 11) is 0. The summed E-state index contributed by atoms with van der Waals surface area (Å²) in [6, 6.07) is 0. The maximum atomic E-state index is 12.2. The van der Waals surface area contributed by atoms with Gasteiger partial charge in [0.1, 0.15) is 0 Å². The molecule has 1 amide bonds. The summed E-state index contributed by atoms with van der Waals surface area (Å²) in [5, 5.41) is 12.7. The quantitative estimate of drug-likeness (QED) is 0.689. The predicted octanol–water partition coefficient (Wildman–Crippen LogP) is 1.17. The van der Waals surface area contributed by atoms with Gasteiger partial charge in [0.15, 0.2) is 0 Å². The Morgan fingerprint density at radius 3 is 2.22 bits per heavy atom. The number of carbonyl (C=O) groups is 1. The molecule has 18 heavy (non-hydrogen) atoms. The minimum absolute atomic E-state index is 0.0759. The molecule has 0 spiro atoms. The summed E-state index contributed by atoms with van der Waals surface area (Å²) >= 11 is 0. The van der Waals surface area contributed by atoms with Gasteiger partial charge in [-0.05, 0) is 25.7 Å². The van der Waals surface area contributed by atoms with Gasteiger partial charge in [0.2, 0.25) is 5.91 Å². The number of aliphatic hydroxyl groups excluding tert-OH is 1. The Kier molecular flexibility index (Phi) is 4.28. The smallest absolute Gasteiger partial charge is 0.227 e. The number of carbonyl (C=O) groups excluding carboxylic acids is 1. The van der Waals surface area contributed by atoms with Crippen molar-refractivity contribution >= 4 is 5.91 Å². The highest BCUT2D eigenvalue weighted by atomic mass is 16.3. The van der Waals surface area contributed by atoms with Gasteiger partial charge in [-0.1, -0.05) is 25.7 Å². The van der Waals surface area contributed by atoms with Crippen molar-refractivity contribution in [2.24, 2.45) is 16.6 Å². The second-order valence-electron chi connectivity index (χ2n) is 6.24. The van der Waals surface area contributed by atoms with E-state index in [1.807, 2.05) is 0 Å². The van der Waals surface area contributed by atoms with E-state index in [9.17, 15) is 9.90 Å². The predicted molar refractivity (Wildman–Crippen MR) is 71.0 cm³/mol. The topological polar surface area (TPSA) is 75.4 Å². The van der Waals surface area contributed by atoms with Gasteiger partial charge >= 0.3 is 0 Å². The Morgan fingerprint density at radius 1 is 1.11 bits per heavy atom. The summed E-state index contributed by atoms with van der Waals surface area (Å²) < 4.78 is 0. The van der Waals surface area contributed by atoms with Crippen molar-refractivity contribution in [3.8, 4) is 0 Å². The highest BCUT2D eigenvalue weighted by Crippen LogP contribution is 2.41. The highest BCUT2D eigenvalue weighted by Gasteiger charge is 2.43. The third-order valence-corrected chi connectivity index (χ3v) is 5.06. The summed E-state index contributed by atoms with van der Waals surface area (Å²) in [6.07, 6.45) is 8.58. The van der Waals surface area contributed by atoms with Gasteiger partial charge in [-0.2, -0.15) is 0 Å². The second-order valence-corrected chi connectivity index (χ2v) is 6.24. The van der Waals surface area contributed by atoms with E-state index in [-0.39, 0.29) is 23.3 Å². The molecule has 0 saturated heterocycles. The van der Waals surface area contributed by atoms with Gasteiger partial charge < -0.3 is 16.2 Å². The average molecular weight is 254 g/mol. The number of aliphatic hydroxyl groups is 1. The molecule has 104 valence electrons. The maximum absolute atomic E-state index is 12.2. The largest absolute Gasteiger partial charge is 0.396 e. The highest BCUT2D eigenvalue weighted by molar-refractivity contribution is 5.83. The number of amides is 1. The number of rotatable bonds is 5. The molecule has 2 aliphatic carbocycles. The molecular weight excluding hydrogens is 228 g/mol. The summed E-state index contributed by atoms with van der Waals surface area (Å²) in [4.78, 5) is 12.2. The van der Waals surface area contributed by atoms with Crippen LogP contribution in [0.2, 0.25) is 0 Å². The zero-order chi connectivity index (χ0) is 13.1. The van der Waals surface area contributed by atoms with Crippen LogP contribution in [-0.2, 0) is 4.79 Å². The van der Waals surface area contributed by atoms with Crippen LogP contribution in [-0.4, -0.2) is 30.7 Å². The molecule has 0 unspecified atom stereocenters. The molecule has 0 aromatic heterocycles. The molecule has 2 saturated carbocycles. The molecule has 4 nitrogen and oxygen atoms in total. The van der Waals surface area contributed by atoms with Crippen LogP contribution in [0.5, 0.6) is 0 Å². The normalized spacial score (nSPS) is 25.2. The lowest BCUT2D eigenvalue weighted by Crippen LogP contribution is -2.53. The van der Waals surface area contributed by atoms with E-state index in [4.69, 9.17) is 5.73 Å². The van der Waals surface area contributed by atoms with Gasteiger partial charge in [0.05, 0.1) is 12.0 Å². The lowest BCUT2D eigenvalue weighted by atomic mass is 9.67. The van der Waals surface area contributed by atoms with Gasteiger partial charge in [0, 0.05) is 18.5 Å². The Labute approximate surface area is 109 Å². The fourth-order valence-corrected chi connectivity index (χ4v) is 3.28. The molecule has 0 bridgehead atoms. The van der Waals surface area contributed by atoms with Crippen LogP contribution < -0.4 is 11.1 Å². The van der Waals surface area contributed by atoms with E-state index in [0.717, 1.165) is 32.1 Å². The van der Waals surface area contributed by atoms with Crippen molar-refractivity contribution in [1.29, 1.82) is 0 Å². The fourth-order valence-electron chi connectivity index (χ4n) is 3.28. The van der Waals surface area contributed by atoms with Crippen LogP contribution in [0.15, 0.2) is 0 Å². The van der Waals surface area contributed by atoms with E-state index in [1.54, 1.807) is 0 Å². The Balaban J connectivity index is 1.87. The van der Waals surface area contributed by atoms with Crippen molar-refractivity contribution in [1.82, 2.24) is 5.32 Å². The van der Waals surface area contributed by atoms with Crippen molar-refractivity contribution in [2.75, 3.05) is 19.7 Å². The molecule has 4 N–H and O–H groups in total. The standard InChI is InChI=1S/C14H26N2O2/c15-9-14(7-4-8-14)12(18)16-10-13(11-17)5-2-1-3-6-13/h17H,1-11,15H2,(H,16,18). The van der Waals surface area contributed by atoms with E-state index in [0.29, 0.717) is 13.1 Å². The molecule has 0 aromatic rings. The Morgan fingerprint density at radius 2 is 1.78 bits per heavy atom. The van der Waals surface area contributed by atoms with Gasteiger partial charge in [-0.15, -0.1) is 0 Å². The molecule has 0 heterocycles. The van der Waals surface area contributed by atoms with E-state index in [2.05, 4.69) is 5.32 Å². The first-order valence-electron chi connectivity index (χ1n) is 7.26. The molecule has 4 heteroatoms. The third-order valence-electron chi connectivity index (χ3n) is 5.06. The van der Waals surface area contributed by atoms with Gasteiger partial charge in [0.25, 0.3) is 0 Å². The van der Waals surface area contributed by atoms with E-state index < -0.39 is 0 Å². The summed E-state index contributed by atoms with van der Waals surface area (Å²) in [5.41, 5.74) is 5.36. The minimum atomic E-state index is -0.300. The third kappa shape index (κ3) is 2.54. The first-order chi connectivity index (χ1) is 8.66. The molecule has 0 aliphatic heterocycles. The second kappa shape index (κ2) is 5.57. The zero-order valence-corrected chi connectivity index (χ0v) is 11.2. The van der Waals surface area contributed by atoms with E-state index >= 15 is 0 Å². The van der Waals surface area contributed by atoms with Crippen molar-refractivity contribution in [3.05, 3.63) is 0 Å². The van der Waals surface area contributed by atoms with Gasteiger partial charge in [-0.3, -0.25) is 4.79 Å². The van der Waals surface area contributed by atoms with Gasteiger partial charge in [-0.25, -0.2) is 0 Å². The Hall–Kier alpha value is -0.610. The van der Waals surface area contributed by atoms with E-state index in [1.165, 1.54) is 19.3 Å². The van der Waals surface area contributed by atoms with Crippen LogP contribution in [0, 0.1) is 10.8 Å². The maximum Gasteiger partial charge on any atom is 0.227 e. The first-order valence-corrected chi connectivity index (χ1v) is 7.26. The molecule has 0 aromatic carbocycles. The first kappa shape index (κ1) is 13.8. The van der Waals surface area contributed by atoms with Crippen LogP contribution in [0.4, 0.5) is 0 Å². The molecular formula is C14H26N2O2. The lowest BCUT2D eigenvalue weighted by molar-refractivity contribution is -0.136. The van der Waals surface area contributed by atoms with Crippen LogP contribution >= 0.6 is 0 Å². The SMILES string of the molecule is NCC1(C(=O)NCC2(CO)CCCCC2)CCC1. The number of hydrogen-bond donors (Lipinski definition) is 3. The lowest BCUT2D eigenvalue weighted by Gasteiger charge is -2.41. The molecule has 2 fully saturated rings. The molecule has 0 radical (unpaired) electrons. The minimum Gasteiger partial charge on any atom is -0.396 e. The summed E-state index contributed by atoms with van der Waals surface area (Å²) in [5.74, 6) is 0.106. The molecule has 2 rings (SSSR count). The molecule has 0 atom stereocenters. The fraction of sp³-hybridized carbons (Fsp3) is 0.929. The summed E-state index contributed by atoms with van der Waals surface area (Å²) in [6.45, 7) is 1.25. The van der Waals surface area contributed by atoms with Crippen LogP contribution in [0.3, 0.4) is 0 Å². The number of nitrogens with one attached hydrogen (secondary N) is 1. The number of hydrogen-bond acceptors (Lipinski definition) is 3. The Bertz CT molecular complexity index is 289. The van der Waals surface area contributed by atoms with Crippen molar-refractivity contribution in [3.63, 3.8) is 0 Å². The van der Waals surface area contributed by atoms with Crippen molar-refractivity contribution in [2.45, 2.75) is 51.4 Å². The monoisotopic (exact) mass is 254 g/mol. The zero-order valence-electron chi connectivity index (χ0n) is 11.2. The molecule has 2 aliphatic rings.